The molecule has 7 nitrogen and oxygen atoms in total. The van der Waals surface area contributed by atoms with E-state index in [4.69, 9.17) is 18.3 Å². The van der Waals surface area contributed by atoms with E-state index in [-0.39, 0.29) is 25.2 Å². The summed E-state index contributed by atoms with van der Waals surface area (Å²) in [4.78, 5) is 4.24. The van der Waals surface area contributed by atoms with E-state index >= 15 is 0 Å². The highest BCUT2D eigenvalue weighted by atomic mass is 31.2. The molecule has 0 atom stereocenters. The van der Waals surface area contributed by atoms with Gasteiger partial charge in [0.1, 0.15) is 11.9 Å². The van der Waals surface area contributed by atoms with E-state index in [1.165, 1.54) is 0 Å². The average Bonchev–Trinajstić information content (AvgIpc) is 2.96. The maximum atomic E-state index is 12.4. The van der Waals surface area contributed by atoms with Gasteiger partial charge in [-0.15, -0.1) is 0 Å². The summed E-state index contributed by atoms with van der Waals surface area (Å²) < 4.78 is 33.2. The summed E-state index contributed by atoms with van der Waals surface area (Å²) in [6.45, 7) is 4.09. The SMILES string of the molecule is CCOP(=O)(Cc1noc(-c2cccc(OC)c2)n1)OCC. The van der Waals surface area contributed by atoms with E-state index in [1.54, 1.807) is 27.0 Å². The molecule has 0 unspecified atom stereocenters. The molecule has 0 radical (unpaired) electrons. The van der Waals surface area contributed by atoms with E-state index in [2.05, 4.69) is 10.1 Å². The van der Waals surface area contributed by atoms with Gasteiger partial charge in [-0.3, -0.25) is 4.57 Å². The first-order chi connectivity index (χ1) is 10.6. The van der Waals surface area contributed by atoms with Crippen molar-refractivity contribution in [3.8, 4) is 17.2 Å². The summed E-state index contributed by atoms with van der Waals surface area (Å²) in [6.07, 6.45) is -0.0256. The molecule has 1 aromatic carbocycles. The summed E-state index contributed by atoms with van der Waals surface area (Å²) in [7, 11) is -1.66. The van der Waals surface area contributed by atoms with Gasteiger partial charge in [0.25, 0.3) is 5.89 Å². The van der Waals surface area contributed by atoms with E-state index in [1.807, 2.05) is 18.2 Å². The monoisotopic (exact) mass is 326 g/mol. The largest absolute Gasteiger partial charge is 0.497 e. The Morgan fingerprint density at radius 3 is 2.59 bits per heavy atom. The minimum atomic E-state index is -3.24. The molecular weight excluding hydrogens is 307 g/mol. The van der Waals surface area contributed by atoms with Gasteiger partial charge in [-0.2, -0.15) is 4.98 Å². The van der Waals surface area contributed by atoms with Crippen molar-refractivity contribution in [2.24, 2.45) is 0 Å². The molecule has 0 aliphatic rings. The van der Waals surface area contributed by atoms with Crippen molar-refractivity contribution in [3.05, 3.63) is 30.1 Å². The van der Waals surface area contributed by atoms with Crippen LogP contribution < -0.4 is 4.74 Å². The highest BCUT2D eigenvalue weighted by Gasteiger charge is 2.27. The summed E-state index contributed by atoms with van der Waals surface area (Å²) in [5.74, 6) is 1.29. The van der Waals surface area contributed by atoms with Gasteiger partial charge in [0.2, 0.25) is 0 Å². The normalized spacial score (nSPS) is 11.6. The number of benzene rings is 1. The summed E-state index contributed by atoms with van der Waals surface area (Å²) >= 11 is 0. The number of hydrogen-bond acceptors (Lipinski definition) is 7. The van der Waals surface area contributed by atoms with Crippen molar-refractivity contribution >= 4 is 7.60 Å². The second-order valence-corrected chi connectivity index (χ2v) is 6.41. The average molecular weight is 326 g/mol. The lowest BCUT2D eigenvalue weighted by molar-refractivity contribution is 0.218. The number of aromatic nitrogens is 2. The molecule has 2 aromatic rings. The van der Waals surface area contributed by atoms with Gasteiger partial charge in [-0.25, -0.2) is 0 Å². The van der Waals surface area contributed by atoms with Crippen LogP contribution >= 0.6 is 7.60 Å². The highest BCUT2D eigenvalue weighted by Crippen LogP contribution is 2.50. The quantitative estimate of drug-likeness (QED) is 0.686. The third kappa shape index (κ3) is 4.16. The van der Waals surface area contributed by atoms with Crippen molar-refractivity contribution in [2.45, 2.75) is 20.0 Å². The topological polar surface area (TPSA) is 83.7 Å². The molecule has 0 aliphatic heterocycles. The van der Waals surface area contributed by atoms with Crippen LogP contribution in [0.25, 0.3) is 11.5 Å². The fraction of sp³-hybridized carbons (Fsp3) is 0.429. The van der Waals surface area contributed by atoms with Crippen molar-refractivity contribution in [3.63, 3.8) is 0 Å². The molecule has 0 amide bonds. The molecule has 0 saturated heterocycles. The minimum Gasteiger partial charge on any atom is -0.497 e. The van der Waals surface area contributed by atoms with Crippen molar-refractivity contribution in [1.82, 2.24) is 10.1 Å². The van der Waals surface area contributed by atoms with E-state index in [0.29, 0.717) is 11.6 Å². The van der Waals surface area contributed by atoms with Crippen LogP contribution in [0.4, 0.5) is 0 Å². The molecule has 120 valence electrons. The van der Waals surface area contributed by atoms with E-state index in [0.717, 1.165) is 5.56 Å². The van der Waals surface area contributed by atoms with Gasteiger partial charge in [-0.05, 0) is 32.0 Å². The van der Waals surface area contributed by atoms with Crippen LogP contribution in [0.1, 0.15) is 19.7 Å². The highest BCUT2D eigenvalue weighted by molar-refractivity contribution is 7.53. The summed E-state index contributed by atoms with van der Waals surface area (Å²) in [5, 5.41) is 3.84. The molecule has 0 saturated carbocycles. The van der Waals surface area contributed by atoms with E-state index < -0.39 is 7.60 Å². The van der Waals surface area contributed by atoms with Gasteiger partial charge in [0.15, 0.2) is 5.82 Å². The van der Waals surface area contributed by atoms with Crippen molar-refractivity contribution in [2.75, 3.05) is 20.3 Å². The molecule has 0 N–H and O–H groups in total. The Balaban J connectivity index is 2.18. The fourth-order valence-electron chi connectivity index (χ4n) is 1.89. The third-order valence-electron chi connectivity index (χ3n) is 2.77. The first-order valence-corrected chi connectivity index (χ1v) is 8.68. The van der Waals surface area contributed by atoms with Crippen molar-refractivity contribution in [1.29, 1.82) is 0 Å². The molecule has 1 aromatic heterocycles. The van der Waals surface area contributed by atoms with Crippen LogP contribution in [-0.2, 0) is 19.8 Å². The zero-order chi connectivity index (χ0) is 16.0. The molecule has 22 heavy (non-hydrogen) atoms. The minimum absolute atomic E-state index is 0.0256. The van der Waals surface area contributed by atoms with Gasteiger partial charge in [-0.1, -0.05) is 11.2 Å². The number of rotatable bonds is 8. The molecule has 1 heterocycles. The number of ether oxygens (including phenoxy) is 1. The second kappa shape index (κ2) is 7.54. The van der Waals surface area contributed by atoms with Gasteiger partial charge in [0.05, 0.1) is 20.3 Å². The molecule has 0 spiro atoms. The van der Waals surface area contributed by atoms with Gasteiger partial charge < -0.3 is 18.3 Å². The Kier molecular flexibility index (Phi) is 5.71. The second-order valence-electron chi connectivity index (χ2n) is 4.35. The number of hydrogen-bond donors (Lipinski definition) is 0. The standard InChI is InChI=1S/C14H19N2O5P/c1-4-19-22(17,20-5-2)10-13-15-14(21-16-13)11-7-6-8-12(9-11)18-3/h6-9H,4-5,10H2,1-3H3. The lowest BCUT2D eigenvalue weighted by Crippen LogP contribution is -2.00. The van der Waals surface area contributed by atoms with Crippen LogP contribution in [0.2, 0.25) is 0 Å². The number of methoxy groups -OCH3 is 1. The van der Waals surface area contributed by atoms with Crippen LogP contribution in [0.15, 0.2) is 28.8 Å². The van der Waals surface area contributed by atoms with Crippen LogP contribution in [0.3, 0.4) is 0 Å². The molecular formula is C14H19N2O5P. The van der Waals surface area contributed by atoms with Crippen LogP contribution in [0.5, 0.6) is 5.75 Å². The first-order valence-electron chi connectivity index (χ1n) is 6.95. The van der Waals surface area contributed by atoms with Gasteiger partial charge >= 0.3 is 7.60 Å². The van der Waals surface area contributed by atoms with Gasteiger partial charge in [0, 0.05) is 5.56 Å². The Morgan fingerprint density at radius 2 is 1.95 bits per heavy atom. The zero-order valence-electron chi connectivity index (χ0n) is 12.8. The Hall–Kier alpha value is -1.69. The molecule has 0 fully saturated rings. The molecule has 8 heteroatoms. The third-order valence-corrected chi connectivity index (χ3v) is 4.74. The predicted octanol–water partition coefficient (Wildman–Crippen LogP) is 3.51. The van der Waals surface area contributed by atoms with Crippen LogP contribution in [-0.4, -0.2) is 30.5 Å². The fourth-order valence-corrected chi connectivity index (χ4v) is 3.41. The Morgan fingerprint density at radius 1 is 1.23 bits per heavy atom. The summed E-state index contributed by atoms with van der Waals surface area (Å²) in [5.41, 5.74) is 0.723. The summed E-state index contributed by atoms with van der Waals surface area (Å²) in [6, 6.07) is 7.24. The number of nitrogens with zero attached hydrogens (tertiary/aromatic N) is 2. The van der Waals surface area contributed by atoms with Crippen LogP contribution in [0, 0.1) is 0 Å². The predicted molar refractivity (Wildman–Crippen MR) is 80.8 cm³/mol. The molecule has 0 bridgehead atoms. The van der Waals surface area contributed by atoms with E-state index in [9.17, 15) is 4.57 Å². The maximum Gasteiger partial charge on any atom is 0.338 e. The first kappa shape index (κ1) is 16.7. The Bertz CT molecular complexity index is 648. The lowest BCUT2D eigenvalue weighted by Gasteiger charge is -2.14. The zero-order valence-corrected chi connectivity index (χ0v) is 13.7. The van der Waals surface area contributed by atoms with Crippen molar-refractivity contribution < 1.29 is 22.9 Å². The molecule has 0 aliphatic carbocycles. The lowest BCUT2D eigenvalue weighted by atomic mass is 10.2. The molecule has 2 rings (SSSR count). The smallest absolute Gasteiger partial charge is 0.338 e. The Labute approximate surface area is 129 Å². The maximum absolute atomic E-state index is 12.4.